The third-order valence-corrected chi connectivity index (χ3v) is 6.91. The van der Waals surface area contributed by atoms with Gasteiger partial charge in [-0.3, -0.25) is 4.79 Å². The highest BCUT2D eigenvalue weighted by molar-refractivity contribution is 7.99. The van der Waals surface area contributed by atoms with Gasteiger partial charge in [-0.1, -0.05) is 54.2 Å². The minimum atomic E-state index is -0.147. The maximum Gasteiger partial charge on any atom is 0.253 e. The minimum absolute atomic E-state index is 0.0438. The van der Waals surface area contributed by atoms with E-state index in [1.54, 1.807) is 12.1 Å². The van der Waals surface area contributed by atoms with E-state index < -0.39 is 0 Å². The predicted molar refractivity (Wildman–Crippen MR) is 124 cm³/mol. The summed E-state index contributed by atoms with van der Waals surface area (Å²) in [5.41, 5.74) is 2.99. The van der Waals surface area contributed by atoms with Gasteiger partial charge in [-0.15, -0.1) is 10.2 Å². The normalized spacial score (nSPS) is 18.0. The van der Waals surface area contributed by atoms with E-state index in [1.165, 1.54) is 24.6 Å². The SMILES string of the molecule is COc1ccc(C2CC(c3ccccc3)=NN2C(=O)CSc2nnc(C3CC3)n2C)cc1. The average molecular weight is 448 g/mol. The van der Waals surface area contributed by atoms with E-state index in [2.05, 4.69) is 10.2 Å². The fourth-order valence-electron chi connectivity index (χ4n) is 3.97. The van der Waals surface area contributed by atoms with E-state index >= 15 is 0 Å². The fourth-order valence-corrected chi connectivity index (χ4v) is 4.74. The van der Waals surface area contributed by atoms with E-state index in [0.717, 1.165) is 33.6 Å². The van der Waals surface area contributed by atoms with Crippen molar-refractivity contribution in [3.8, 4) is 5.75 Å². The molecule has 3 aromatic rings. The standard InChI is InChI=1S/C24H25N5O2S/c1-28-23(18-8-9-18)25-26-24(28)32-15-22(30)29-21(17-10-12-19(31-2)13-11-17)14-20(27-29)16-6-4-3-5-7-16/h3-7,10-13,18,21H,8-9,14-15H2,1-2H3. The number of carbonyl (C=O) groups excluding carboxylic acids is 1. The van der Waals surface area contributed by atoms with Gasteiger partial charge < -0.3 is 9.30 Å². The Morgan fingerprint density at radius 1 is 1.09 bits per heavy atom. The van der Waals surface area contributed by atoms with Crippen molar-refractivity contribution in [3.05, 3.63) is 71.5 Å². The highest BCUT2D eigenvalue weighted by Gasteiger charge is 2.34. The van der Waals surface area contributed by atoms with Gasteiger partial charge in [0.2, 0.25) is 0 Å². The van der Waals surface area contributed by atoms with E-state index in [1.807, 2.05) is 66.2 Å². The number of rotatable bonds is 7. The molecule has 1 aliphatic heterocycles. The molecule has 2 aromatic carbocycles. The van der Waals surface area contributed by atoms with Gasteiger partial charge in [0.05, 0.1) is 24.6 Å². The van der Waals surface area contributed by atoms with Gasteiger partial charge in [-0.25, -0.2) is 5.01 Å². The number of aromatic nitrogens is 3. The summed E-state index contributed by atoms with van der Waals surface area (Å²) in [6.45, 7) is 0. The first-order chi connectivity index (χ1) is 15.6. The molecule has 1 saturated carbocycles. The first-order valence-electron chi connectivity index (χ1n) is 10.7. The first-order valence-corrected chi connectivity index (χ1v) is 11.7. The Kier molecular flexibility index (Phi) is 5.70. The van der Waals surface area contributed by atoms with Crippen molar-refractivity contribution >= 4 is 23.4 Å². The van der Waals surface area contributed by atoms with Crippen LogP contribution in [0.4, 0.5) is 0 Å². The number of benzene rings is 2. The number of ether oxygens (including phenoxy) is 1. The Morgan fingerprint density at radius 2 is 1.84 bits per heavy atom. The maximum absolute atomic E-state index is 13.3. The first kappa shape index (κ1) is 20.8. The number of amides is 1. The molecule has 2 heterocycles. The summed E-state index contributed by atoms with van der Waals surface area (Å²) in [6.07, 6.45) is 3.01. The fraction of sp³-hybridized carbons (Fsp3) is 0.333. The molecule has 5 rings (SSSR count). The smallest absolute Gasteiger partial charge is 0.253 e. The second kappa shape index (κ2) is 8.78. The Bertz CT molecular complexity index is 1140. The van der Waals surface area contributed by atoms with Crippen LogP contribution in [0.1, 0.15) is 48.2 Å². The largest absolute Gasteiger partial charge is 0.497 e. The molecule has 0 radical (unpaired) electrons. The summed E-state index contributed by atoms with van der Waals surface area (Å²) in [6, 6.07) is 17.7. The van der Waals surface area contributed by atoms with Crippen LogP contribution in [0.3, 0.4) is 0 Å². The second-order valence-corrected chi connectivity index (χ2v) is 9.05. The molecule has 0 spiro atoms. The molecule has 1 unspecified atom stereocenters. The number of hydrogen-bond donors (Lipinski definition) is 0. The lowest BCUT2D eigenvalue weighted by molar-refractivity contribution is -0.130. The van der Waals surface area contributed by atoms with Crippen LogP contribution in [-0.2, 0) is 11.8 Å². The maximum atomic E-state index is 13.3. The van der Waals surface area contributed by atoms with E-state index in [4.69, 9.17) is 9.84 Å². The summed E-state index contributed by atoms with van der Waals surface area (Å²) in [4.78, 5) is 13.3. The molecule has 32 heavy (non-hydrogen) atoms. The molecule has 164 valence electrons. The molecule has 1 atom stereocenters. The van der Waals surface area contributed by atoms with E-state index in [-0.39, 0.29) is 17.7 Å². The monoisotopic (exact) mass is 447 g/mol. The van der Waals surface area contributed by atoms with Crippen LogP contribution < -0.4 is 4.74 Å². The zero-order valence-corrected chi connectivity index (χ0v) is 19.0. The molecular formula is C24H25N5O2S. The van der Waals surface area contributed by atoms with Crippen LogP contribution in [0.25, 0.3) is 0 Å². The molecule has 0 bridgehead atoms. The van der Waals surface area contributed by atoms with Gasteiger partial charge in [0.15, 0.2) is 5.16 Å². The Labute approximate surface area is 191 Å². The van der Waals surface area contributed by atoms with Crippen LogP contribution in [-0.4, -0.2) is 44.3 Å². The van der Waals surface area contributed by atoms with Gasteiger partial charge in [-0.2, -0.15) is 5.10 Å². The zero-order valence-electron chi connectivity index (χ0n) is 18.1. The van der Waals surface area contributed by atoms with Crippen LogP contribution >= 0.6 is 11.8 Å². The second-order valence-electron chi connectivity index (χ2n) is 8.11. The number of methoxy groups -OCH3 is 1. The molecule has 1 aliphatic carbocycles. The van der Waals surface area contributed by atoms with Crippen molar-refractivity contribution in [2.45, 2.75) is 36.4 Å². The van der Waals surface area contributed by atoms with Crippen molar-refractivity contribution in [1.82, 2.24) is 19.8 Å². The Morgan fingerprint density at radius 3 is 2.53 bits per heavy atom. The number of hydrazone groups is 1. The van der Waals surface area contributed by atoms with Crippen LogP contribution in [0.2, 0.25) is 0 Å². The molecular weight excluding hydrogens is 422 g/mol. The highest BCUT2D eigenvalue weighted by Crippen LogP contribution is 2.40. The Balaban J connectivity index is 1.36. The van der Waals surface area contributed by atoms with Gasteiger partial charge in [-0.05, 0) is 36.1 Å². The van der Waals surface area contributed by atoms with Gasteiger partial charge >= 0.3 is 0 Å². The van der Waals surface area contributed by atoms with Crippen molar-refractivity contribution in [1.29, 1.82) is 0 Å². The summed E-state index contributed by atoms with van der Waals surface area (Å²) >= 11 is 1.42. The molecule has 1 fully saturated rings. The average Bonchev–Trinajstić information content (AvgIpc) is 3.46. The Hall–Kier alpha value is -3.13. The topological polar surface area (TPSA) is 72.6 Å². The van der Waals surface area contributed by atoms with Crippen LogP contribution in [0.5, 0.6) is 5.75 Å². The van der Waals surface area contributed by atoms with Crippen molar-refractivity contribution in [3.63, 3.8) is 0 Å². The lowest BCUT2D eigenvalue weighted by Crippen LogP contribution is -2.28. The van der Waals surface area contributed by atoms with Gasteiger partial charge in [0, 0.05) is 19.4 Å². The summed E-state index contributed by atoms with van der Waals surface area (Å²) < 4.78 is 7.30. The summed E-state index contributed by atoms with van der Waals surface area (Å²) in [5, 5.41) is 15.8. The highest BCUT2D eigenvalue weighted by atomic mass is 32.2. The van der Waals surface area contributed by atoms with Crippen molar-refractivity contribution in [2.75, 3.05) is 12.9 Å². The van der Waals surface area contributed by atoms with Gasteiger partial charge in [0.1, 0.15) is 11.6 Å². The van der Waals surface area contributed by atoms with Gasteiger partial charge in [0.25, 0.3) is 5.91 Å². The molecule has 1 amide bonds. The summed E-state index contributed by atoms with van der Waals surface area (Å²) in [5.74, 6) is 2.54. The molecule has 0 N–H and O–H groups in total. The van der Waals surface area contributed by atoms with E-state index in [0.29, 0.717) is 12.3 Å². The quantitative estimate of drug-likeness (QED) is 0.508. The number of hydrogen-bond acceptors (Lipinski definition) is 6. The van der Waals surface area contributed by atoms with E-state index in [9.17, 15) is 4.79 Å². The molecule has 0 saturated heterocycles. The molecule has 8 heteroatoms. The minimum Gasteiger partial charge on any atom is -0.497 e. The lowest BCUT2D eigenvalue weighted by atomic mass is 9.98. The van der Waals surface area contributed by atoms with Crippen LogP contribution in [0.15, 0.2) is 64.9 Å². The lowest BCUT2D eigenvalue weighted by Gasteiger charge is -2.22. The third kappa shape index (κ3) is 4.14. The van der Waals surface area contributed by atoms with Crippen molar-refractivity contribution < 1.29 is 9.53 Å². The predicted octanol–water partition coefficient (Wildman–Crippen LogP) is 4.17. The molecule has 7 nitrogen and oxygen atoms in total. The summed E-state index contributed by atoms with van der Waals surface area (Å²) in [7, 11) is 3.62. The third-order valence-electron chi connectivity index (χ3n) is 5.91. The zero-order chi connectivity index (χ0) is 22.1. The number of thioether (sulfide) groups is 1. The molecule has 2 aliphatic rings. The molecule has 1 aromatic heterocycles. The van der Waals surface area contributed by atoms with Crippen molar-refractivity contribution in [2.24, 2.45) is 12.1 Å². The number of carbonyl (C=O) groups is 1. The number of nitrogens with zero attached hydrogens (tertiary/aromatic N) is 5. The van der Waals surface area contributed by atoms with Crippen LogP contribution in [0, 0.1) is 0 Å².